The number of hydrogen-bond acceptors (Lipinski definition) is 5. The smallest absolute Gasteiger partial charge is 0.276 e. The van der Waals surface area contributed by atoms with Gasteiger partial charge in [0, 0.05) is 36.9 Å². The molecule has 0 bridgehead atoms. The maximum Gasteiger partial charge on any atom is 0.276 e. The molecule has 168 valence electrons. The van der Waals surface area contributed by atoms with Crippen molar-refractivity contribution in [1.82, 2.24) is 19.6 Å². The largest absolute Gasteiger partial charge is 0.468 e. The van der Waals surface area contributed by atoms with E-state index in [0.717, 1.165) is 6.07 Å². The third-order valence-corrected chi connectivity index (χ3v) is 4.44. The average molecular weight is 452 g/mol. The topological polar surface area (TPSA) is 103 Å². The Kier molecular flexibility index (Phi) is 6.11. The van der Waals surface area contributed by atoms with Crippen molar-refractivity contribution in [1.29, 1.82) is 0 Å². The Bertz CT molecular complexity index is 1320. The molecule has 0 unspecified atom stereocenters. The number of benzene rings is 2. The van der Waals surface area contributed by atoms with Crippen LogP contribution in [0.25, 0.3) is 0 Å². The van der Waals surface area contributed by atoms with Crippen molar-refractivity contribution in [2.45, 2.75) is 6.73 Å². The first-order chi connectivity index (χ1) is 15.9. The molecule has 0 fully saturated rings. The maximum absolute atomic E-state index is 13.6. The van der Waals surface area contributed by atoms with Crippen LogP contribution in [-0.4, -0.2) is 31.4 Å². The van der Waals surface area contributed by atoms with E-state index in [0.29, 0.717) is 17.4 Å². The zero-order valence-electron chi connectivity index (χ0n) is 17.3. The van der Waals surface area contributed by atoms with E-state index in [1.165, 1.54) is 27.7 Å². The van der Waals surface area contributed by atoms with Crippen LogP contribution in [0.1, 0.15) is 21.0 Å². The average Bonchev–Trinajstić information content (AvgIpc) is 3.43. The monoisotopic (exact) mass is 452 g/mol. The molecule has 0 aliphatic heterocycles. The van der Waals surface area contributed by atoms with Crippen LogP contribution in [0.5, 0.6) is 5.75 Å². The van der Waals surface area contributed by atoms with E-state index in [4.69, 9.17) is 4.74 Å². The molecule has 0 saturated carbocycles. The van der Waals surface area contributed by atoms with E-state index in [2.05, 4.69) is 20.8 Å². The molecular weight excluding hydrogens is 434 g/mol. The molecule has 4 rings (SSSR count). The van der Waals surface area contributed by atoms with Crippen LogP contribution in [-0.2, 0) is 13.8 Å². The van der Waals surface area contributed by atoms with Gasteiger partial charge < -0.3 is 15.4 Å². The van der Waals surface area contributed by atoms with Gasteiger partial charge in [0.2, 0.25) is 0 Å². The Morgan fingerprint density at radius 3 is 2.21 bits per heavy atom. The second-order valence-corrected chi connectivity index (χ2v) is 6.95. The fourth-order valence-corrected chi connectivity index (χ4v) is 2.88. The number of rotatable bonds is 7. The molecule has 4 aromatic rings. The van der Waals surface area contributed by atoms with Crippen LogP contribution >= 0.6 is 0 Å². The Labute approximate surface area is 186 Å². The molecule has 0 atom stereocenters. The third-order valence-electron chi connectivity index (χ3n) is 4.44. The lowest BCUT2D eigenvalue weighted by molar-refractivity contribution is 0.101. The zero-order valence-corrected chi connectivity index (χ0v) is 17.3. The number of nitrogens with zero attached hydrogens (tertiary/aromatic N) is 4. The molecule has 0 aliphatic carbocycles. The lowest BCUT2D eigenvalue weighted by atomic mass is 10.2. The summed E-state index contributed by atoms with van der Waals surface area (Å²) in [5, 5.41) is 13.5. The van der Waals surface area contributed by atoms with Crippen molar-refractivity contribution in [2.24, 2.45) is 7.05 Å². The Balaban J connectivity index is 1.36. The van der Waals surface area contributed by atoms with Gasteiger partial charge in [-0.15, -0.1) is 0 Å². The van der Waals surface area contributed by atoms with Crippen LogP contribution < -0.4 is 15.4 Å². The lowest BCUT2D eigenvalue weighted by Crippen LogP contribution is -2.15. The number of amides is 2. The molecule has 0 radical (unpaired) electrons. The number of aromatic nitrogens is 4. The van der Waals surface area contributed by atoms with Crippen LogP contribution in [0.2, 0.25) is 0 Å². The second-order valence-electron chi connectivity index (χ2n) is 6.95. The fourth-order valence-electron chi connectivity index (χ4n) is 2.88. The van der Waals surface area contributed by atoms with Gasteiger partial charge in [0.1, 0.15) is 5.82 Å². The number of carbonyl (C=O) groups excluding carboxylic acids is 2. The van der Waals surface area contributed by atoms with Gasteiger partial charge in [-0.2, -0.15) is 10.2 Å². The standard InChI is InChI=1S/C22H18F2N6O3/c1-29-9-7-18(27-29)21(31)25-15-3-2-4-16(12-15)26-22(32)19-8-10-30(28-19)13-33-20-6-5-14(23)11-17(20)24/h2-12H,13H2,1H3,(H,25,31)(H,26,32). The number of hydrogen-bond donors (Lipinski definition) is 2. The first-order valence-electron chi connectivity index (χ1n) is 9.71. The highest BCUT2D eigenvalue weighted by atomic mass is 19.1. The van der Waals surface area contributed by atoms with E-state index in [1.54, 1.807) is 43.6 Å². The summed E-state index contributed by atoms with van der Waals surface area (Å²) in [6.45, 7) is -0.176. The predicted molar refractivity (Wildman–Crippen MR) is 115 cm³/mol. The molecule has 2 aromatic carbocycles. The number of anilines is 2. The molecule has 2 amide bonds. The second kappa shape index (κ2) is 9.30. The Hall–Kier alpha value is -4.54. The van der Waals surface area contributed by atoms with Crippen molar-refractivity contribution in [2.75, 3.05) is 10.6 Å². The van der Waals surface area contributed by atoms with Crippen molar-refractivity contribution in [3.05, 3.63) is 90.0 Å². The minimum absolute atomic E-state index is 0.0982. The molecular formula is C22H18F2N6O3. The minimum Gasteiger partial charge on any atom is -0.468 e. The summed E-state index contributed by atoms with van der Waals surface area (Å²) in [6, 6.07) is 12.6. The van der Waals surface area contributed by atoms with Crippen LogP contribution in [0.15, 0.2) is 67.0 Å². The lowest BCUT2D eigenvalue weighted by Gasteiger charge is -2.08. The highest BCUT2D eigenvalue weighted by Gasteiger charge is 2.13. The van der Waals surface area contributed by atoms with Crippen molar-refractivity contribution in [3.63, 3.8) is 0 Å². The molecule has 0 aliphatic rings. The maximum atomic E-state index is 13.6. The fraction of sp³-hybridized carbons (Fsp3) is 0.0909. The first kappa shape index (κ1) is 21.7. The van der Waals surface area contributed by atoms with E-state index in [-0.39, 0.29) is 29.8 Å². The molecule has 9 nitrogen and oxygen atoms in total. The summed E-state index contributed by atoms with van der Waals surface area (Å²) in [6.07, 6.45) is 3.14. The number of ether oxygens (including phenoxy) is 1. The van der Waals surface area contributed by atoms with Crippen molar-refractivity contribution in [3.8, 4) is 5.75 Å². The van der Waals surface area contributed by atoms with E-state index in [1.807, 2.05) is 0 Å². The Morgan fingerprint density at radius 1 is 0.909 bits per heavy atom. The molecule has 2 aromatic heterocycles. The van der Waals surface area contributed by atoms with Crippen LogP contribution in [0, 0.1) is 11.6 Å². The van der Waals surface area contributed by atoms with Gasteiger partial charge in [-0.1, -0.05) is 6.07 Å². The van der Waals surface area contributed by atoms with Gasteiger partial charge in [-0.25, -0.2) is 13.5 Å². The van der Waals surface area contributed by atoms with Gasteiger partial charge in [-0.3, -0.25) is 14.3 Å². The van der Waals surface area contributed by atoms with E-state index < -0.39 is 17.5 Å². The summed E-state index contributed by atoms with van der Waals surface area (Å²) in [4.78, 5) is 24.8. The molecule has 2 N–H and O–H groups in total. The molecule has 0 saturated heterocycles. The highest BCUT2D eigenvalue weighted by Crippen LogP contribution is 2.19. The first-order valence-corrected chi connectivity index (χ1v) is 9.71. The number of nitrogens with one attached hydrogen (secondary N) is 2. The number of halogens is 2. The minimum atomic E-state index is -0.838. The summed E-state index contributed by atoms with van der Waals surface area (Å²) in [5.74, 6) is -2.55. The summed E-state index contributed by atoms with van der Waals surface area (Å²) in [5.41, 5.74) is 1.28. The zero-order chi connectivity index (χ0) is 23.4. The highest BCUT2D eigenvalue weighted by molar-refractivity contribution is 6.05. The summed E-state index contributed by atoms with van der Waals surface area (Å²) < 4.78 is 34.7. The van der Waals surface area contributed by atoms with Gasteiger partial charge in [0.25, 0.3) is 11.8 Å². The number of aryl methyl sites for hydroxylation is 1. The van der Waals surface area contributed by atoms with Gasteiger partial charge >= 0.3 is 0 Å². The van der Waals surface area contributed by atoms with Crippen LogP contribution in [0.4, 0.5) is 20.2 Å². The van der Waals surface area contributed by atoms with E-state index in [9.17, 15) is 18.4 Å². The SMILES string of the molecule is Cn1ccc(C(=O)Nc2cccc(NC(=O)c3ccn(COc4ccc(F)cc4F)n3)c2)n1. The molecule has 11 heteroatoms. The summed E-state index contributed by atoms with van der Waals surface area (Å²) >= 11 is 0. The normalized spacial score (nSPS) is 10.6. The molecule has 33 heavy (non-hydrogen) atoms. The third kappa shape index (κ3) is 5.39. The molecule has 0 spiro atoms. The Morgan fingerprint density at radius 2 is 1.58 bits per heavy atom. The van der Waals surface area contributed by atoms with E-state index >= 15 is 0 Å². The van der Waals surface area contributed by atoms with Gasteiger partial charge in [0.05, 0.1) is 0 Å². The number of carbonyl (C=O) groups is 2. The summed E-state index contributed by atoms with van der Waals surface area (Å²) in [7, 11) is 1.71. The van der Waals surface area contributed by atoms with Crippen molar-refractivity contribution >= 4 is 23.2 Å². The molecule has 2 heterocycles. The van der Waals surface area contributed by atoms with Crippen molar-refractivity contribution < 1.29 is 23.1 Å². The predicted octanol–water partition coefficient (Wildman–Crippen LogP) is 3.44. The van der Waals surface area contributed by atoms with Gasteiger partial charge in [-0.05, 0) is 42.5 Å². The van der Waals surface area contributed by atoms with Crippen LogP contribution in [0.3, 0.4) is 0 Å². The quantitative estimate of drug-likeness (QED) is 0.447. The van der Waals surface area contributed by atoms with Gasteiger partial charge in [0.15, 0.2) is 29.7 Å².